The normalized spacial score (nSPS) is 17.2. The summed E-state index contributed by atoms with van der Waals surface area (Å²) in [6.45, 7) is 2.17. The number of anilines is 2. The third-order valence-electron chi connectivity index (χ3n) is 6.55. The number of nitrogens with one attached hydrogen (secondary N) is 2. The highest BCUT2D eigenvalue weighted by atomic mass is 19.1. The lowest BCUT2D eigenvalue weighted by Crippen LogP contribution is -2.14. The fourth-order valence-corrected chi connectivity index (χ4v) is 4.88. The third-order valence-corrected chi connectivity index (χ3v) is 6.55. The van der Waals surface area contributed by atoms with Gasteiger partial charge in [0.05, 0.1) is 35.4 Å². The van der Waals surface area contributed by atoms with E-state index in [1.807, 2.05) is 28.7 Å². The molecule has 0 saturated carbocycles. The number of carbonyl (C=O) groups excluding carboxylic acids is 1. The second kappa shape index (κ2) is 8.19. The maximum atomic E-state index is 13.6. The zero-order chi connectivity index (χ0) is 23.2. The van der Waals surface area contributed by atoms with Gasteiger partial charge in [-0.15, -0.1) is 0 Å². The number of nitrogens with two attached hydrogens (primary N) is 1. The van der Waals surface area contributed by atoms with E-state index in [1.54, 1.807) is 12.4 Å². The molecule has 2 aliphatic heterocycles. The lowest BCUT2D eigenvalue weighted by molar-refractivity contribution is 0.0966. The smallest absolute Gasteiger partial charge is 0.254 e. The first-order valence-electron chi connectivity index (χ1n) is 11.2. The maximum absolute atomic E-state index is 13.6. The minimum Gasteiger partial charge on any atom is -0.381 e. The summed E-state index contributed by atoms with van der Waals surface area (Å²) in [5, 5.41) is 6.23. The summed E-state index contributed by atoms with van der Waals surface area (Å²) in [5.74, 6) is 0.441. The highest BCUT2D eigenvalue weighted by Crippen LogP contribution is 2.36. The highest BCUT2D eigenvalue weighted by molar-refractivity contribution is 6.06. The zero-order valence-corrected chi connectivity index (χ0v) is 18.3. The van der Waals surface area contributed by atoms with Gasteiger partial charge in [0.2, 0.25) is 0 Å². The predicted molar refractivity (Wildman–Crippen MR) is 125 cm³/mol. The van der Waals surface area contributed by atoms with Crippen molar-refractivity contribution in [2.75, 3.05) is 18.5 Å². The summed E-state index contributed by atoms with van der Waals surface area (Å²) in [4.78, 5) is 21.8. The number of imidazole rings is 1. The number of pyridine rings is 2. The van der Waals surface area contributed by atoms with Gasteiger partial charge >= 0.3 is 0 Å². The standard InChI is InChI=1S/C25H23FN6O2/c26-15-5-7-32-21(12-28-23(32)9-15)17-1-3-19(24-18(17)11-29-25(24)33)30-22-4-2-16(20(10-27)31-22)14-6-8-34-13-14/h1-5,7,9,12,14H,6,8,10-11,13,27H2,(H,29,33)(H,30,31)/t14-/m0/s1. The van der Waals surface area contributed by atoms with Crippen molar-refractivity contribution >= 4 is 23.1 Å². The van der Waals surface area contributed by atoms with Crippen molar-refractivity contribution in [2.24, 2.45) is 5.73 Å². The number of hydrogen-bond donors (Lipinski definition) is 3. The molecule has 34 heavy (non-hydrogen) atoms. The van der Waals surface area contributed by atoms with Gasteiger partial charge in [0.15, 0.2) is 0 Å². The highest BCUT2D eigenvalue weighted by Gasteiger charge is 2.28. The van der Waals surface area contributed by atoms with Crippen molar-refractivity contribution in [1.29, 1.82) is 0 Å². The average Bonchev–Trinajstić information content (AvgIpc) is 3.60. The van der Waals surface area contributed by atoms with Gasteiger partial charge in [0, 0.05) is 43.4 Å². The van der Waals surface area contributed by atoms with Crippen molar-refractivity contribution in [3.05, 3.63) is 77.0 Å². The number of fused-ring (bicyclic) bond motifs is 2. The number of benzene rings is 1. The number of carbonyl (C=O) groups is 1. The number of halogens is 1. The summed E-state index contributed by atoms with van der Waals surface area (Å²) in [6.07, 6.45) is 4.30. The Balaban J connectivity index is 1.38. The molecule has 1 aromatic carbocycles. The molecular weight excluding hydrogens is 435 g/mol. The van der Waals surface area contributed by atoms with Crippen LogP contribution in [0.15, 0.2) is 48.8 Å². The van der Waals surface area contributed by atoms with E-state index in [0.717, 1.165) is 41.1 Å². The fraction of sp³-hybridized carbons (Fsp3) is 0.240. The van der Waals surface area contributed by atoms with Crippen LogP contribution in [-0.4, -0.2) is 33.5 Å². The van der Waals surface area contributed by atoms with Gasteiger partial charge < -0.3 is 21.1 Å². The number of rotatable bonds is 5. The number of aromatic nitrogens is 3. The van der Waals surface area contributed by atoms with Gasteiger partial charge in [0.25, 0.3) is 5.91 Å². The van der Waals surface area contributed by atoms with E-state index in [9.17, 15) is 9.18 Å². The molecule has 8 nitrogen and oxygen atoms in total. The molecule has 5 heterocycles. The van der Waals surface area contributed by atoms with Crippen LogP contribution in [0.3, 0.4) is 0 Å². The maximum Gasteiger partial charge on any atom is 0.254 e. The molecule has 0 unspecified atom stereocenters. The van der Waals surface area contributed by atoms with Gasteiger partial charge in [-0.3, -0.25) is 9.20 Å². The molecule has 4 N–H and O–H groups in total. The molecular formula is C25H23FN6O2. The fourth-order valence-electron chi connectivity index (χ4n) is 4.88. The van der Waals surface area contributed by atoms with Crippen LogP contribution in [0.4, 0.5) is 15.9 Å². The summed E-state index contributed by atoms with van der Waals surface area (Å²) in [6, 6.07) is 10.5. The monoisotopic (exact) mass is 458 g/mol. The Morgan fingerprint density at radius 1 is 1.26 bits per heavy atom. The second-order valence-electron chi connectivity index (χ2n) is 8.54. The molecule has 6 rings (SSSR count). The number of ether oxygens (including phenoxy) is 1. The average molecular weight is 458 g/mol. The number of nitrogens with zero attached hydrogens (tertiary/aromatic N) is 3. The van der Waals surface area contributed by atoms with E-state index in [4.69, 9.17) is 15.5 Å². The Labute approximate surface area is 195 Å². The zero-order valence-electron chi connectivity index (χ0n) is 18.3. The Hall–Kier alpha value is -3.82. The molecule has 9 heteroatoms. The number of hydrogen-bond acceptors (Lipinski definition) is 6. The lowest BCUT2D eigenvalue weighted by Gasteiger charge is -2.16. The second-order valence-corrected chi connectivity index (χ2v) is 8.54. The van der Waals surface area contributed by atoms with Crippen molar-refractivity contribution < 1.29 is 13.9 Å². The summed E-state index contributed by atoms with van der Waals surface area (Å²) in [7, 11) is 0. The first-order chi connectivity index (χ1) is 16.6. The van der Waals surface area contributed by atoms with Crippen molar-refractivity contribution in [2.45, 2.75) is 25.4 Å². The molecule has 1 fully saturated rings. The molecule has 172 valence electrons. The Morgan fingerprint density at radius 3 is 3.00 bits per heavy atom. The van der Waals surface area contributed by atoms with Gasteiger partial charge in [-0.25, -0.2) is 14.4 Å². The minimum absolute atomic E-state index is 0.155. The van der Waals surface area contributed by atoms with E-state index < -0.39 is 0 Å². The van der Waals surface area contributed by atoms with E-state index in [1.165, 1.54) is 12.1 Å². The summed E-state index contributed by atoms with van der Waals surface area (Å²) in [5.41, 5.74) is 12.2. The van der Waals surface area contributed by atoms with Crippen molar-refractivity contribution in [3.63, 3.8) is 0 Å². The molecule has 1 saturated heterocycles. The van der Waals surface area contributed by atoms with Crippen LogP contribution in [0.2, 0.25) is 0 Å². The van der Waals surface area contributed by atoms with Crippen LogP contribution in [0.5, 0.6) is 0 Å². The van der Waals surface area contributed by atoms with Gasteiger partial charge in [-0.1, -0.05) is 12.1 Å². The number of amides is 1. The van der Waals surface area contributed by atoms with E-state index in [-0.39, 0.29) is 11.7 Å². The Kier molecular flexibility index (Phi) is 5.00. The third kappa shape index (κ3) is 3.41. The first kappa shape index (κ1) is 20.8. The molecule has 0 aliphatic carbocycles. The SMILES string of the molecule is NCc1nc(Nc2ccc(-c3cnc4cc(F)ccn34)c3c2C(=O)NC3)ccc1[C@H]1CCOC1. The topological polar surface area (TPSA) is 107 Å². The van der Waals surface area contributed by atoms with Gasteiger partial charge in [0.1, 0.15) is 17.3 Å². The predicted octanol–water partition coefficient (Wildman–Crippen LogP) is 3.49. The van der Waals surface area contributed by atoms with E-state index in [2.05, 4.69) is 15.6 Å². The molecule has 0 spiro atoms. The minimum atomic E-state index is -0.345. The first-order valence-corrected chi connectivity index (χ1v) is 11.2. The van der Waals surface area contributed by atoms with Crippen molar-refractivity contribution in [3.8, 4) is 11.3 Å². The molecule has 2 aliphatic rings. The largest absolute Gasteiger partial charge is 0.381 e. The Morgan fingerprint density at radius 2 is 2.18 bits per heavy atom. The van der Waals surface area contributed by atoms with Crippen LogP contribution < -0.4 is 16.4 Å². The molecule has 3 aromatic heterocycles. The van der Waals surface area contributed by atoms with Crippen molar-refractivity contribution in [1.82, 2.24) is 19.7 Å². The molecule has 1 amide bonds. The lowest BCUT2D eigenvalue weighted by atomic mass is 9.96. The van der Waals surface area contributed by atoms with E-state index in [0.29, 0.717) is 48.3 Å². The van der Waals surface area contributed by atoms with Crippen LogP contribution in [0, 0.1) is 5.82 Å². The van der Waals surface area contributed by atoms with Gasteiger partial charge in [-0.05, 0) is 35.7 Å². The Bertz CT molecular complexity index is 1430. The van der Waals surface area contributed by atoms with Crippen LogP contribution >= 0.6 is 0 Å². The quantitative estimate of drug-likeness (QED) is 0.423. The van der Waals surface area contributed by atoms with Crippen LogP contribution in [-0.2, 0) is 17.8 Å². The van der Waals surface area contributed by atoms with Crippen LogP contribution in [0.1, 0.15) is 39.5 Å². The summed E-state index contributed by atoms with van der Waals surface area (Å²) < 4.78 is 20.9. The molecule has 0 radical (unpaired) electrons. The van der Waals surface area contributed by atoms with E-state index >= 15 is 0 Å². The molecule has 0 bridgehead atoms. The van der Waals surface area contributed by atoms with Crippen LogP contribution in [0.25, 0.3) is 16.9 Å². The summed E-state index contributed by atoms with van der Waals surface area (Å²) >= 11 is 0. The molecule has 1 atom stereocenters. The van der Waals surface area contributed by atoms with Gasteiger partial charge in [-0.2, -0.15) is 0 Å². The molecule has 4 aromatic rings.